The number of rotatable bonds is 5. The molecule has 1 heterocycles. The van der Waals surface area contributed by atoms with Gasteiger partial charge in [-0.3, -0.25) is 4.68 Å². The second-order valence-corrected chi connectivity index (χ2v) is 6.66. The lowest BCUT2D eigenvalue weighted by molar-refractivity contribution is 0.581. The van der Waals surface area contributed by atoms with Crippen molar-refractivity contribution in [3.63, 3.8) is 0 Å². The van der Waals surface area contributed by atoms with Gasteiger partial charge in [-0.05, 0) is 24.3 Å². The molecule has 6 nitrogen and oxygen atoms in total. The van der Waals surface area contributed by atoms with Gasteiger partial charge in [0.2, 0.25) is 0 Å². The van der Waals surface area contributed by atoms with Crippen molar-refractivity contribution in [2.75, 3.05) is 17.2 Å². The van der Waals surface area contributed by atoms with Gasteiger partial charge in [-0.15, -0.1) is 0 Å². The smallest absolute Gasteiger partial charge is 0.181 e. The number of aromatic nitrogens is 3. The molecule has 2 aromatic rings. The third kappa shape index (κ3) is 3.54. The fourth-order valence-corrected chi connectivity index (χ4v) is 2.30. The maximum atomic E-state index is 11.4. The van der Waals surface area contributed by atoms with Gasteiger partial charge in [0.05, 0.1) is 12.3 Å². The summed E-state index contributed by atoms with van der Waals surface area (Å²) in [6.07, 6.45) is 1.54. The van der Waals surface area contributed by atoms with Crippen molar-refractivity contribution in [2.45, 2.75) is 13.5 Å². The zero-order chi connectivity index (χ0) is 13.9. The van der Waals surface area contributed by atoms with Gasteiger partial charge in [0, 0.05) is 17.0 Å². The Balaban J connectivity index is 2.09. The monoisotopic (exact) mass is 280 g/mol. The number of anilines is 1. The van der Waals surface area contributed by atoms with Gasteiger partial charge in [0.1, 0.15) is 6.33 Å². The first-order valence-electron chi connectivity index (χ1n) is 5.96. The van der Waals surface area contributed by atoms with E-state index in [2.05, 4.69) is 10.1 Å². The maximum Gasteiger partial charge on any atom is 0.181 e. The predicted molar refractivity (Wildman–Crippen MR) is 74.2 cm³/mol. The lowest BCUT2D eigenvalue weighted by Gasteiger charge is -2.00. The van der Waals surface area contributed by atoms with E-state index in [0.29, 0.717) is 18.1 Å². The van der Waals surface area contributed by atoms with E-state index in [1.165, 1.54) is 6.33 Å². The quantitative estimate of drug-likeness (QED) is 0.824. The summed E-state index contributed by atoms with van der Waals surface area (Å²) in [7, 11) is -2.98. The number of sulfone groups is 1. The number of nitrogens with two attached hydrogens (primary N) is 1. The maximum absolute atomic E-state index is 11.4. The number of benzene rings is 1. The summed E-state index contributed by atoms with van der Waals surface area (Å²) in [6.45, 7) is 1.95. The molecule has 0 saturated carbocycles. The summed E-state index contributed by atoms with van der Waals surface area (Å²) in [5, 5.41) is 4.25. The Morgan fingerprint density at radius 1 is 1.26 bits per heavy atom. The minimum Gasteiger partial charge on any atom is -0.399 e. The average molecular weight is 280 g/mol. The van der Waals surface area contributed by atoms with Crippen LogP contribution in [0.25, 0.3) is 11.4 Å². The highest BCUT2D eigenvalue weighted by Crippen LogP contribution is 2.15. The highest BCUT2D eigenvalue weighted by atomic mass is 32.2. The standard InChI is InChI=1S/C12H16N4O2S/c1-2-19(17,18)8-7-16-9-14-12(15-16)10-3-5-11(13)6-4-10/h3-6,9H,2,7-8,13H2,1H3. The van der Waals surface area contributed by atoms with Crippen LogP contribution in [0.4, 0.5) is 5.69 Å². The largest absolute Gasteiger partial charge is 0.399 e. The number of nitrogen functional groups attached to an aromatic ring is 1. The Morgan fingerprint density at radius 2 is 1.95 bits per heavy atom. The molecule has 0 aliphatic heterocycles. The number of aryl methyl sites for hydroxylation is 1. The van der Waals surface area contributed by atoms with Crippen molar-refractivity contribution in [2.24, 2.45) is 0 Å². The molecule has 0 unspecified atom stereocenters. The molecule has 1 aromatic carbocycles. The molecule has 0 amide bonds. The first-order chi connectivity index (χ1) is 9.00. The molecular formula is C12H16N4O2S. The van der Waals surface area contributed by atoms with Crippen LogP contribution in [-0.2, 0) is 16.4 Å². The second-order valence-electron chi connectivity index (χ2n) is 4.19. The molecule has 0 spiro atoms. The third-order valence-corrected chi connectivity index (χ3v) is 4.46. The Hall–Kier alpha value is -1.89. The van der Waals surface area contributed by atoms with Crippen LogP contribution in [0.15, 0.2) is 30.6 Å². The first kappa shape index (κ1) is 13.5. The molecule has 0 fully saturated rings. The molecule has 102 valence electrons. The summed E-state index contributed by atoms with van der Waals surface area (Å²) >= 11 is 0. The van der Waals surface area contributed by atoms with Crippen LogP contribution in [0.2, 0.25) is 0 Å². The normalized spacial score (nSPS) is 11.6. The SMILES string of the molecule is CCS(=O)(=O)CCn1cnc(-c2ccc(N)cc2)n1. The summed E-state index contributed by atoms with van der Waals surface area (Å²) in [5.74, 6) is 0.787. The van der Waals surface area contributed by atoms with Crippen LogP contribution < -0.4 is 5.73 Å². The summed E-state index contributed by atoms with van der Waals surface area (Å²) < 4.78 is 24.4. The molecule has 1 aromatic heterocycles. The van der Waals surface area contributed by atoms with Gasteiger partial charge in [0.25, 0.3) is 0 Å². The van der Waals surface area contributed by atoms with Crippen molar-refractivity contribution >= 4 is 15.5 Å². The van der Waals surface area contributed by atoms with E-state index in [-0.39, 0.29) is 11.5 Å². The van der Waals surface area contributed by atoms with E-state index in [1.54, 1.807) is 23.7 Å². The summed E-state index contributed by atoms with van der Waals surface area (Å²) in [5.41, 5.74) is 7.14. The predicted octanol–water partition coefficient (Wildman–Crippen LogP) is 0.962. The fraction of sp³-hybridized carbons (Fsp3) is 0.333. The van der Waals surface area contributed by atoms with E-state index in [0.717, 1.165) is 5.56 Å². The lowest BCUT2D eigenvalue weighted by atomic mass is 10.2. The molecule has 2 N–H and O–H groups in total. The zero-order valence-corrected chi connectivity index (χ0v) is 11.5. The Morgan fingerprint density at radius 3 is 2.58 bits per heavy atom. The van der Waals surface area contributed by atoms with Crippen LogP contribution in [-0.4, -0.2) is 34.7 Å². The van der Waals surface area contributed by atoms with E-state index in [1.807, 2.05) is 12.1 Å². The van der Waals surface area contributed by atoms with E-state index < -0.39 is 9.84 Å². The number of hydrogen-bond acceptors (Lipinski definition) is 5. The molecular weight excluding hydrogens is 264 g/mol. The van der Waals surface area contributed by atoms with Crippen LogP contribution >= 0.6 is 0 Å². The van der Waals surface area contributed by atoms with Crippen LogP contribution in [0.3, 0.4) is 0 Å². The third-order valence-electron chi connectivity index (χ3n) is 2.78. The second kappa shape index (κ2) is 5.40. The van der Waals surface area contributed by atoms with Gasteiger partial charge in [0.15, 0.2) is 15.7 Å². The molecule has 0 atom stereocenters. The van der Waals surface area contributed by atoms with Gasteiger partial charge in [-0.25, -0.2) is 13.4 Å². The highest BCUT2D eigenvalue weighted by Gasteiger charge is 2.09. The Kier molecular flexibility index (Phi) is 3.84. The Labute approximate surface area is 112 Å². The molecule has 0 saturated heterocycles. The van der Waals surface area contributed by atoms with Crippen molar-refractivity contribution in [3.8, 4) is 11.4 Å². The van der Waals surface area contributed by atoms with E-state index >= 15 is 0 Å². The van der Waals surface area contributed by atoms with Gasteiger partial charge in [-0.2, -0.15) is 5.10 Å². The van der Waals surface area contributed by atoms with Gasteiger partial charge < -0.3 is 5.73 Å². The molecule has 19 heavy (non-hydrogen) atoms. The topological polar surface area (TPSA) is 90.9 Å². The van der Waals surface area contributed by atoms with Crippen LogP contribution in [0.5, 0.6) is 0 Å². The Bertz CT molecular complexity index is 647. The van der Waals surface area contributed by atoms with Crippen molar-refractivity contribution in [3.05, 3.63) is 30.6 Å². The fourth-order valence-electron chi connectivity index (χ4n) is 1.54. The average Bonchev–Trinajstić information content (AvgIpc) is 2.86. The molecule has 0 aliphatic rings. The highest BCUT2D eigenvalue weighted by molar-refractivity contribution is 7.91. The first-order valence-corrected chi connectivity index (χ1v) is 7.78. The zero-order valence-electron chi connectivity index (χ0n) is 10.7. The van der Waals surface area contributed by atoms with Gasteiger partial charge in [-0.1, -0.05) is 6.92 Å². The molecule has 0 radical (unpaired) electrons. The summed E-state index contributed by atoms with van der Waals surface area (Å²) in [4.78, 5) is 4.16. The minimum atomic E-state index is -2.98. The van der Waals surface area contributed by atoms with Crippen LogP contribution in [0, 0.1) is 0 Å². The van der Waals surface area contributed by atoms with Crippen molar-refractivity contribution < 1.29 is 8.42 Å². The van der Waals surface area contributed by atoms with E-state index in [4.69, 9.17) is 5.73 Å². The molecule has 0 bridgehead atoms. The van der Waals surface area contributed by atoms with Crippen molar-refractivity contribution in [1.29, 1.82) is 0 Å². The molecule has 0 aliphatic carbocycles. The van der Waals surface area contributed by atoms with E-state index in [9.17, 15) is 8.42 Å². The molecule has 7 heteroatoms. The number of nitrogens with zero attached hydrogens (tertiary/aromatic N) is 3. The van der Waals surface area contributed by atoms with Crippen LogP contribution in [0.1, 0.15) is 6.92 Å². The summed E-state index contributed by atoms with van der Waals surface area (Å²) in [6, 6.07) is 7.21. The van der Waals surface area contributed by atoms with Gasteiger partial charge >= 0.3 is 0 Å². The minimum absolute atomic E-state index is 0.0774. The van der Waals surface area contributed by atoms with Crippen molar-refractivity contribution in [1.82, 2.24) is 14.8 Å². The lowest BCUT2D eigenvalue weighted by Crippen LogP contribution is -2.14. The molecule has 2 rings (SSSR count). The number of hydrogen-bond donors (Lipinski definition) is 1.